The largest absolute Gasteiger partial charge is 0.378 e. The van der Waals surface area contributed by atoms with Crippen molar-refractivity contribution in [3.8, 4) is 0 Å². The minimum atomic E-state index is 0.104. The maximum atomic E-state index is 5.80. The van der Waals surface area contributed by atoms with E-state index in [4.69, 9.17) is 17.0 Å². The second-order valence-electron chi connectivity index (χ2n) is 5.71. The maximum Gasteiger partial charge on any atom is 0.178 e. The molecule has 2 aromatic heterocycles. The van der Waals surface area contributed by atoms with Crippen LogP contribution in [-0.4, -0.2) is 27.2 Å². The molecule has 3 rings (SSSR count). The normalized spacial score (nSPS) is 25.4. The maximum absolute atomic E-state index is 5.80. The lowest BCUT2D eigenvalue weighted by molar-refractivity contribution is -0.127. The number of imidazole rings is 1. The topological polar surface area (TPSA) is 42.8 Å². The average Bonchev–Trinajstić information content (AvgIpc) is 2.70. The molecule has 2 heterocycles. The second-order valence-corrected chi connectivity index (χ2v) is 6.10. The van der Waals surface area contributed by atoms with Gasteiger partial charge in [-0.05, 0) is 31.6 Å². The highest BCUT2D eigenvalue weighted by atomic mass is 32.1. The first-order valence-electron chi connectivity index (χ1n) is 6.71. The lowest BCUT2D eigenvalue weighted by atomic mass is 9.64. The van der Waals surface area contributed by atoms with E-state index in [1.807, 2.05) is 25.4 Å². The highest BCUT2D eigenvalue weighted by Crippen LogP contribution is 2.52. The number of pyridine rings is 1. The quantitative estimate of drug-likeness (QED) is 0.874. The van der Waals surface area contributed by atoms with E-state index in [0.717, 1.165) is 28.8 Å². The van der Waals surface area contributed by atoms with E-state index in [-0.39, 0.29) is 5.41 Å². The molecule has 1 aliphatic carbocycles. The molecule has 2 unspecified atom stereocenters. The van der Waals surface area contributed by atoms with Gasteiger partial charge < -0.3 is 14.3 Å². The Bertz CT molecular complexity index is 658. The van der Waals surface area contributed by atoms with Crippen LogP contribution in [0.3, 0.4) is 0 Å². The molecule has 5 heteroatoms. The molecule has 0 aliphatic heterocycles. The number of hydrogen-bond acceptors (Lipinski definition) is 3. The highest BCUT2D eigenvalue weighted by molar-refractivity contribution is 7.71. The fourth-order valence-corrected chi connectivity index (χ4v) is 3.41. The van der Waals surface area contributed by atoms with Gasteiger partial charge >= 0.3 is 0 Å². The molecule has 0 aromatic carbocycles. The molecule has 1 aliphatic rings. The summed E-state index contributed by atoms with van der Waals surface area (Å²) in [4.78, 5) is 7.37. The van der Waals surface area contributed by atoms with E-state index < -0.39 is 0 Å². The monoisotopic (exact) mass is 277 g/mol. The van der Waals surface area contributed by atoms with E-state index in [2.05, 4.69) is 28.4 Å². The SMILES string of the molecule is CCOC1CC(n2c(=S)[nH]c3cnccc32)C1(C)C. The van der Waals surface area contributed by atoms with E-state index in [0.29, 0.717) is 12.1 Å². The number of nitrogens with zero attached hydrogens (tertiary/aromatic N) is 2. The molecule has 0 amide bonds. The molecule has 2 atom stereocenters. The minimum absolute atomic E-state index is 0.104. The number of aromatic nitrogens is 3. The lowest BCUT2D eigenvalue weighted by Gasteiger charge is -2.52. The number of ether oxygens (including phenoxy) is 1. The van der Waals surface area contributed by atoms with Crippen LogP contribution in [0.2, 0.25) is 0 Å². The summed E-state index contributed by atoms with van der Waals surface area (Å²) in [6, 6.07) is 2.40. The molecule has 1 N–H and O–H groups in total. The average molecular weight is 277 g/mol. The Hall–Kier alpha value is -1.20. The zero-order valence-corrected chi connectivity index (χ0v) is 12.3. The zero-order chi connectivity index (χ0) is 13.6. The third-order valence-electron chi connectivity index (χ3n) is 4.32. The Morgan fingerprint density at radius 1 is 1.58 bits per heavy atom. The van der Waals surface area contributed by atoms with Gasteiger partial charge in [0.2, 0.25) is 0 Å². The van der Waals surface area contributed by atoms with Crippen LogP contribution in [0.1, 0.15) is 33.2 Å². The van der Waals surface area contributed by atoms with E-state index >= 15 is 0 Å². The van der Waals surface area contributed by atoms with Crippen molar-refractivity contribution in [1.82, 2.24) is 14.5 Å². The number of H-pyrrole nitrogens is 1. The summed E-state index contributed by atoms with van der Waals surface area (Å²) in [7, 11) is 0. The predicted octanol–water partition coefficient (Wildman–Crippen LogP) is 3.47. The molecule has 0 saturated heterocycles. The summed E-state index contributed by atoms with van der Waals surface area (Å²) in [6.45, 7) is 7.32. The zero-order valence-electron chi connectivity index (χ0n) is 11.5. The van der Waals surface area contributed by atoms with Crippen molar-refractivity contribution in [2.24, 2.45) is 5.41 Å². The molecule has 0 radical (unpaired) electrons. The Labute approximate surface area is 117 Å². The van der Waals surface area contributed by atoms with Crippen molar-refractivity contribution in [3.05, 3.63) is 23.2 Å². The fourth-order valence-electron chi connectivity index (χ4n) is 3.07. The molecular weight excluding hydrogens is 258 g/mol. The standard InChI is InChI=1S/C14H19N3OS/c1-4-18-12-7-11(14(12,2)3)17-10-5-6-15-8-9(10)16-13(17)19/h5-6,8,11-12H,4,7H2,1-3H3,(H,16,19). The lowest BCUT2D eigenvalue weighted by Crippen LogP contribution is -2.51. The minimum Gasteiger partial charge on any atom is -0.378 e. The number of hydrogen-bond donors (Lipinski definition) is 1. The number of aromatic amines is 1. The Morgan fingerprint density at radius 2 is 2.37 bits per heavy atom. The van der Waals surface area contributed by atoms with Gasteiger partial charge in [0.1, 0.15) is 0 Å². The van der Waals surface area contributed by atoms with Gasteiger partial charge in [-0.3, -0.25) is 4.98 Å². The summed E-state index contributed by atoms with van der Waals surface area (Å²) in [5, 5.41) is 0. The molecule has 1 saturated carbocycles. The van der Waals surface area contributed by atoms with Gasteiger partial charge in [0, 0.05) is 24.3 Å². The number of fused-ring (bicyclic) bond motifs is 1. The van der Waals surface area contributed by atoms with Crippen molar-refractivity contribution >= 4 is 23.3 Å². The van der Waals surface area contributed by atoms with Crippen molar-refractivity contribution in [2.45, 2.75) is 39.3 Å². The van der Waals surface area contributed by atoms with Gasteiger partial charge in [0.15, 0.2) is 4.77 Å². The first-order valence-corrected chi connectivity index (χ1v) is 7.12. The molecular formula is C14H19N3OS. The van der Waals surface area contributed by atoms with Crippen LogP contribution >= 0.6 is 12.2 Å². The summed E-state index contributed by atoms with van der Waals surface area (Å²) in [5.74, 6) is 0. The summed E-state index contributed by atoms with van der Waals surface area (Å²) >= 11 is 5.47. The third-order valence-corrected chi connectivity index (χ3v) is 4.62. The van der Waals surface area contributed by atoms with Gasteiger partial charge in [-0.15, -0.1) is 0 Å². The molecule has 1 fully saturated rings. The smallest absolute Gasteiger partial charge is 0.178 e. The predicted molar refractivity (Wildman–Crippen MR) is 77.8 cm³/mol. The van der Waals surface area contributed by atoms with Crippen molar-refractivity contribution < 1.29 is 4.74 Å². The third kappa shape index (κ3) is 1.83. The van der Waals surface area contributed by atoms with E-state index in [1.165, 1.54) is 0 Å². The fraction of sp³-hybridized carbons (Fsp3) is 0.571. The summed E-state index contributed by atoms with van der Waals surface area (Å²) in [6.07, 6.45) is 4.97. The molecule has 2 aromatic rings. The van der Waals surface area contributed by atoms with Gasteiger partial charge in [-0.25, -0.2) is 0 Å². The van der Waals surface area contributed by atoms with E-state index in [1.54, 1.807) is 0 Å². The Balaban J connectivity index is 2.03. The van der Waals surface area contributed by atoms with Crippen molar-refractivity contribution in [1.29, 1.82) is 0 Å². The van der Waals surface area contributed by atoms with Crippen molar-refractivity contribution in [2.75, 3.05) is 6.61 Å². The summed E-state index contributed by atoms with van der Waals surface area (Å²) in [5.41, 5.74) is 2.24. The molecule has 19 heavy (non-hydrogen) atoms. The molecule has 0 spiro atoms. The highest BCUT2D eigenvalue weighted by Gasteiger charge is 2.50. The Kier molecular flexibility index (Phi) is 2.98. The summed E-state index contributed by atoms with van der Waals surface area (Å²) < 4.78 is 8.80. The number of nitrogens with one attached hydrogen (secondary N) is 1. The Morgan fingerprint density at radius 3 is 3.05 bits per heavy atom. The van der Waals surface area contributed by atoms with Gasteiger partial charge in [-0.1, -0.05) is 13.8 Å². The van der Waals surface area contributed by atoms with Crippen LogP contribution in [0.25, 0.3) is 11.0 Å². The number of rotatable bonds is 3. The van der Waals surface area contributed by atoms with Crippen LogP contribution in [-0.2, 0) is 4.74 Å². The molecule has 0 bridgehead atoms. The molecule has 4 nitrogen and oxygen atoms in total. The van der Waals surface area contributed by atoms with Crippen LogP contribution in [0.5, 0.6) is 0 Å². The van der Waals surface area contributed by atoms with Crippen LogP contribution in [0.15, 0.2) is 18.5 Å². The van der Waals surface area contributed by atoms with Crippen molar-refractivity contribution in [3.63, 3.8) is 0 Å². The first-order chi connectivity index (χ1) is 9.05. The van der Waals surface area contributed by atoms with Crippen LogP contribution in [0, 0.1) is 10.2 Å². The van der Waals surface area contributed by atoms with E-state index in [9.17, 15) is 0 Å². The van der Waals surface area contributed by atoms with Gasteiger partial charge in [0.25, 0.3) is 0 Å². The molecule has 102 valence electrons. The van der Waals surface area contributed by atoms with Gasteiger partial charge in [0.05, 0.1) is 23.3 Å². The first kappa shape index (κ1) is 12.8. The van der Waals surface area contributed by atoms with Crippen LogP contribution < -0.4 is 0 Å². The second kappa shape index (κ2) is 4.42. The van der Waals surface area contributed by atoms with Crippen LogP contribution in [0.4, 0.5) is 0 Å². The van der Waals surface area contributed by atoms with Gasteiger partial charge in [-0.2, -0.15) is 0 Å².